The van der Waals surface area contributed by atoms with Crippen molar-refractivity contribution in [1.82, 2.24) is 0 Å². The summed E-state index contributed by atoms with van der Waals surface area (Å²) in [5, 5.41) is 7.01. The predicted octanol–water partition coefficient (Wildman–Crippen LogP) is 7.28. The van der Waals surface area contributed by atoms with Gasteiger partial charge in [-0.05, 0) is 79.7 Å². The van der Waals surface area contributed by atoms with Crippen molar-refractivity contribution in [1.29, 1.82) is 0 Å². The molecule has 0 bridgehead atoms. The summed E-state index contributed by atoms with van der Waals surface area (Å²) in [5.41, 5.74) is 10.3. The minimum absolute atomic E-state index is 0.187. The van der Waals surface area contributed by atoms with E-state index < -0.39 is 0 Å². The van der Waals surface area contributed by atoms with Crippen molar-refractivity contribution in [3.63, 3.8) is 0 Å². The van der Waals surface area contributed by atoms with Crippen molar-refractivity contribution in [2.45, 2.75) is 0 Å². The number of fused-ring (bicyclic) bond motifs is 6. The van der Waals surface area contributed by atoms with Gasteiger partial charge in [0.1, 0.15) is 61.7 Å². The van der Waals surface area contributed by atoms with Crippen LogP contribution in [0.3, 0.4) is 0 Å². The molecule has 8 aromatic carbocycles. The zero-order chi connectivity index (χ0) is 36.0. The summed E-state index contributed by atoms with van der Waals surface area (Å²) in [7, 11) is 32.5. The standard InChI is InChI=1S/C46H23B5O2/c47-41-40(42(48)44(50)45(51)43(41)49)38-30-14-6-4-12-28(30)37(29-13-5-7-15-31(29)38)33-20-19-27(46-39(33)32-16-8-9-17-35(32)53-46)25-18-21-34-26(22-25)23-36(52-34)24-10-2-1-3-11-24/h1-23H. The van der Waals surface area contributed by atoms with E-state index in [-0.39, 0.29) is 16.4 Å². The smallest absolute Gasteiger partial charge is 0.143 e. The molecule has 0 aliphatic rings. The maximum atomic E-state index is 6.78. The summed E-state index contributed by atoms with van der Waals surface area (Å²) in [6.45, 7) is 0. The number of benzene rings is 8. The molecule has 234 valence electrons. The fourth-order valence-corrected chi connectivity index (χ4v) is 8.03. The molecule has 0 aliphatic carbocycles. The largest absolute Gasteiger partial charge is 0.456 e. The van der Waals surface area contributed by atoms with Crippen LogP contribution in [0.25, 0.3) is 99.2 Å². The Labute approximate surface area is 312 Å². The fourth-order valence-electron chi connectivity index (χ4n) is 8.03. The van der Waals surface area contributed by atoms with Gasteiger partial charge in [-0.3, -0.25) is 0 Å². The van der Waals surface area contributed by atoms with Crippen molar-refractivity contribution < 1.29 is 8.83 Å². The first-order chi connectivity index (χ1) is 25.9. The maximum absolute atomic E-state index is 6.78. The molecule has 0 N–H and O–H groups in total. The molecule has 2 aromatic heterocycles. The molecular weight excluding hydrogens is 639 g/mol. The van der Waals surface area contributed by atoms with E-state index in [1.165, 1.54) is 0 Å². The Bertz CT molecular complexity index is 3040. The van der Waals surface area contributed by atoms with Crippen LogP contribution < -0.4 is 27.3 Å². The highest BCUT2D eigenvalue weighted by Crippen LogP contribution is 2.48. The summed E-state index contributed by atoms with van der Waals surface area (Å²) in [4.78, 5) is 0. The summed E-state index contributed by atoms with van der Waals surface area (Å²) in [6, 6.07) is 47.7. The lowest BCUT2D eigenvalue weighted by atomic mass is 9.59. The molecule has 10 radical (unpaired) electrons. The molecule has 53 heavy (non-hydrogen) atoms. The Morgan fingerprint density at radius 3 is 1.57 bits per heavy atom. The van der Waals surface area contributed by atoms with E-state index >= 15 is 0 Å². The van der Waals surface area contributed by atoms with Gasteiger partial charge in [0.15, 0.2) is 0 Å². The first kappa shape index (κ1) is 31.7. The molecule has 2 heterocycles. The van der Waals surface area contributed by atoms with Crippen molar-refractivity contribution in [3.05, 3.63) is 140 Å². The first-order valence-electron chi connectivity index (χ1n) is 17.4. The number of hydrogen-bond donors (Lipinski definition) is 0. The number of rotatable bonds is 4. The summed E-state index contributed by atoms with van der Waals surface area (Å²) < 4.78 is 13.0. The van der Waals surface area contributed by atoms with Gasteiger partial charge in [-0.1, -0.05) is 120 Å². The molecule has 0 unspecified atom stereocenters. The average Bonchev–Trinajstić information content (AvgIpc) is 3.81. The number of para-hydroxylation sites is 1. The topological polar surface area (TPSA) is 26.3 Å². The molecule has 2 nitrogen and oxygen atoms in total. The zero-order valence-corrected chi connectivity index (χ0v) is 28.5. The first-order valence-corrected chi connectivity index (χ1v) is 17.4. The summed E-state index contributed by atoms with van der Waals surface area (Å²) >= 11 is 0. The molecule has 7 heteroatoms. The lowest BCUT2D eigenvalue weighted by Gasteiger charge is -2.25. The second-order valence-electron chi connectivity index (χ2n) is 13.5. The van der Waals surface area contributed by atoms with E-state index in [9.17, 15) is 0 Å². The van der Waals surface area contributed by atoms with Gasteiger partial charge in [0.2, 0.25) is 0 Å². The second kappa shape index (κ2) is 12.0. The van der Waals surface area contributed by atoms with Crippen LogP contribution in [-0.2, 0) is 0 Å². The van der Waals surface area contributed by atoms with E-state index in [1.807, 2.05) is 60.7 Å². The summed E-state index contributed by atoms with van der Waals surface area (Å²) in [6.07, 6.45) is 0. The molecule has 0 fully saturated rings. The summed E-state index contributed by atoms with van der Waals surface area (Å²) in [5.74, 6) is 0.831. The zero-order valence-electron chi connectivity index (χ0n) is 28.5. The number of furan rings is 2. The third kappa shape index (κ3) is 4.73. The molecule has 0 saturated heterocycles. The van der Waals surface area contributed by atoms with Gasteiger partial charge in [0.05, 0.1) is 0 Å². The highest BCUT2D eigenvalue weighted by Gasteiger charge is 2.24. The Kier molecular flexibility index (Phi) is 7.17. The van der Waals surface area contributed by atoms with Crippen molar-refractivity contribution in [2.75, 3.05) is 0 Å². The van der Waals surface area contributed by atoms with Gasteiger partial charge in [0.25, 0.3) is 0 Å². The Morgan fingerprint density at radius 2 is 0.906 bits per heavy atom. The van der Waals surface area contributed by atoms with Crippen LogP contribution in [0.5, 0.6) is 0 Å². The van der Waals surface area contributed by atoms with Gasteiger partial charge in [-0.15, -0.1) is 16.4 Å². The lowest BCUT2D eigenvalue weighted by Crippen LogP contribution is -2.55. The molecule has 10 rings (SSSR count). The van der Waals surface area contributed by atoms with Crippen LogP contribution in [0.2, 0.25) is 0 Å². The van der Waals surface area contributed by atoms with E-state index in [4.69, 9.17) is 48.1 Å². The monoisotopic (exact) mass is 662 g/mol. The molecule has 10 aromatic rings. The highest BCUT2D eigenvalue weighted by atomic mass is 16.3. The van der Waals surface area contributed by atoms with Gasteiger partial charge in [-0.2, -0.15) is 0 Å². The average molecular weight is 662 g/mol. The molecular formula is C46H23B5O2. The minimum atomic E-state index is 0.187. The molecule has 0 aliphatic heterocycles. The molecule has 0 amide bonds. The van der Waals surface area contributed by atoms with Gasteiger partial charge in [0, 0.05) is 27.3 Å². The van der Waals surface area contributed by atoms with Crippen LogP contribution in [0.4, 0.5) is 0 Å². The molecule has 0 spiro atoms. The normalized spacial score (nSPS) is 11.8. The van der Waals surface area contributed by atoms with Crippen LogP contribution in [0, 0.1) is 0 Å². The van der Waals surface area contributed by atoms with Gasteiger partial charge < -0.3 is 8.83 Å². The van der Waals surface area contributed by atoms with Gasteiger partial charge >= 0.3 is 0 Å². The molecule has 0 saturated carbocycles. The second-order valence-corrected chi connectivity index (χ2v) is 13.5. The van der Waals surface area contributed by atoms with E-state index in [0.717, 1.165) is 93.6 Å². The van der Waals surface area contributed by atoms with E-state index in [0.29, 0.717) is 16.5 Å². The molecule has 0 atom stereocenters. The van der Waals surface area contributed by atoms with Crippen LogP contribution in [0.15, 0.2) is 148 Å². The number of hydrogen-bond acceptors (Lipinski definition) is 2. The van der Waals surface area contributed by atoms with E-state index in [1.54, 1.807) is 0 Å². The minimum Gasteiger partial charge on any atom is -0.456 e. The van der Waals surface area contributed by atoms with Crippen LogP contribution in [0.1, 0.15) is 0 Å². The maximum Gasteiger partial charge on any atom is 0.143 e. The van der Waals surface area contributed by atoms with E-state index in [2.05, 4.69) is 78.9 Å². The Hall–Kier alpha value is -6.06. The quantitative estimate of drug-likeness (QED) is 0.147. The third-order valence-electron chi connectivity index (χ3n) is 10.6. The van der Waals surface area contributed by atoms with Gasteiger partial charge in [-0.25, -0.2) is 0 Å². The third-order valence-corrected chi connectivity index (χ3v) is 10.6. The Morgan fingerprint density at radius 1 is 0.358 bits per heavy atom. The van der Waals surface area contributed by atoms with Crippen molar-refractivity contribution >= 4 is 121 Å². The van der Waals surface area contributed by atoms with Crippen LogP contribution >= 0.6 is 0 Å². The van der Waals surface area contributed by atoms with Crippen LogP contribution in [-0.4, -0.2) is 39.2 Å². The fraction of sp³-hybridized carbons (Fsp3) is 0. The lowest BCUT2D eigenvalue weighted by molar-refractivity contribution is 0.631. The van der Waals surface area contributed by atoms with Crippen molar-refractivity contribution in [2.24, 2.45) is 0 Å². The Balaban J connectivity index is 1.27. The van der Waals surface area contributed by atoms with Crippen molar-refractivity contribution in [3.8, 4) is 44.7 Å². The SMILES string of the molecule is [B]c1c([B])c([B])c(-c2c3ccccc3c(-c3ccc(-c4ccc5oc(-c6ccccc6)cc5c4)c4oc5ccccc5c34)c3ccccc23)c([B])c1[B]. The highest BCUT2D eigenvalue weighted by molar-refractivity contribution is 6.69. The predicted molar refractivity (Wildman–Crippen MR) is 227 cm³/mol.